The van der Waals surface area contributed by atoms with Gasteiger partial charge in [-0.1, -0.05) is 31.5 Å². The number of aromatic nitrogens is 3. The number of anilines is 1. The second-order valence-corrected chi connectivity index (χ2v) is 8.36. The minimum Gasteiger partial charge on any atom is -0.352 e. The van der Waals surface area contributed by atoms with E-state index in [1.54, 1.807) is 11.6 Å². The van der Waals surface area contributed by atoms with Gasteiger partial charge in [0.2, 0.25) is 11.8 Å². The maximum atomic E-state index is 12.9. The molecule has 0 unspecified atom stereocenters. The Hall–Kier alpha value is -2.42. The molecule has 9 heteroatoms. The summed E-state index contributed by atoms with van der Waals surface area (Å²) in [7, 11) is 1.77. The van der Waals surface area contributed by atoms with E-state index in [1.165, 1.54) is 42.4 Å². The van der Waals surface area contributed by atoms with Gasteiger partial charge in [0.15, 0.2) is 5.16 Å². The number of amides is 2. The number of nitrogens with one attached hydrogen (secondary N) is 2. The summed E-state index contributed by atoms with van der Waals surface area (Å²) in [5.74, 6) is 0.629. The Morgan fingerprint density at radius 1 is 1.17 bits per heavy atom. The minimum absolute atomic E-state index is 0.00708. The summed E-state index contributed by atoms with van der Waals surface area (Å²) in [5.41, 5.74) is 0.516. The van der Waals surface area contributed by atoms with Crippen molar-refractivity contribution >= 4 is 29.3 Å². The molecule has 0 saturated heterocycles. The molecule has 0 radical (unpaired) electrons. The Bertz CT molecular complexity index is 855. The lowest BCUT2D eigenvalue weighted by Crippen LogP contribution is -2.41. The third-order valence-electron chi connectivity index (χ3n) is 5.16. The van der Waals surface area contributed by atoms with Crippen LogP contribution in [0, 0.1) is 11.7 Å². The smallest absolute Gasteiger partial charge is 0.232 e. The number of benzene rings is 1. The average molecular weight is 420 g/mol. The van der Waals surface area contributed by atoms with E-state index in [9.17, 15) is 14.0 Å². The summed E-state index contributed by atoms with van der Waals surface area (Å²) >= 11 is 1.30. The fourth-order valence-electron chi connectivity index (χ4n) is 3.42. The second-order valence-electron chi connectivity index (χ2n) is 7.41. The first kappa shape index (κ1) is 21.3. The summed E-state index contributed by atoms with van der Waals surface area (Å²) in [6.45, 7) is 2.18. The summed E-state index contributed by atoms with van der Waals surface area (Å²) < 4.78 is 14.7. The van der Waals surface area contributed by atoms with Crippen molar-refractivity contribution in [1.29, 1.82) is 0 Å². The van der Waals surface area contributed by atoms with E-state index in [4.69, 9.17) is 0 Å². The Morgan fingerprint density at radius 3 is 2.62 bits per heavy atom. The molecule has 1 aliphatic rings. The van der Waals surface area contributed by atoms with Crippen LogP contribution in [-0.2, 0) is 23.1 Å². The van der Waals surface area contributed by atoms with Crippen LogP contribution in [-0.4, -0.2) is 38.4 Å². The van der Waals surface area contributed by atoms with Crippen molar-refractivity contribution in [2.24, 2.45) is 13.0 Å². The lowest BCUT2D eigenvalue weighted by Gasteiger charge is -2.29. The molecule has 1 saturated carbocycles. The molecule has 0 aliphatic heterocycles. The van der Waals surface area contributed by atoms with Crippen LogP contribution < -0.4 is 10.6 Å². The molecule has 2 amide bonds. The zero-order valence-electron chi connectivity index (χ0n) is 16.7. The monoisotopic (exact) mass is 419 g/mol. The summed E-state index contributed by atoms with van der Waals surface area (Å²) in [6, 6.07) is 5.81. The molecule has 2 aromatic rings. The van der Waals surface area contributed by atoms with Crippen LogP contribution in [0.25, 0.3) is 0 Å². The van der Waals surface area contributed by atoms with E-state index in [1.807, 2.05) is 0 Å². The Balaban J connectivity index is 1.49. The number of hydrogen-bond acceptors (Lipinski definition) is 5. The summed E-state index contributed by atoms with van der Waals surface area (Å²) in [5, 5.41) is 14.5. The first-order valence-electron chi connectivity index (χ1n) is 9.78. The molecule has 156 valence electrons. The molecule has 7 nitrogen and oxygen atoms in total. The van der Waals surface area contributed by atoms with E-state index in [0.29, 0.717) is 22.6 Å². The second kappa shape index (κ2) is 9.87. The standard InChI is InChI=1S/C20H26FN5O2S/c1-13-5-3-4-6-16(13)23-19(28)12-29-20-25-24-17(26(20)2)11-18(27)22-15-9-7-14(21)8-10-15/h7-10,13,16H,3-6,11-12H2,1-2H3,(H,22,27)(H,23,28)/t13-,16-/m1/s1. The van der Waals surface area contributed by atoms with Gasteiger partial charge in [0.25, 0.3) is 0 Å². The van der Waals surface area contributed by atoms with Crippen molar-refractivity contribution in [3.63, 3.8) is 0 Å². The van der Waals surface area contributed by atoms with Crippen molar-refractivity contribution in [2.45, 2.75) is 50.2 Å². The maximum Gasteiger partial charge on any atom is 0.232 e. The number of carbonyl (C=O) groups excluding carboxylic acids is 2. The predicted molar refractivity (Wildman–Crippen MR) is 110 cm³/mol. The topological polar surface area (TPSA) is 88.9 Å². The van der Waals surface area contributed by atoms with E-state index >= 15 is 0 Å². The molecule has 1 aromatic heterocycles. The molecule has 1 aromatic carbocycles. The van der Waals surface area contributed by atoms with E-state index < -0.39 is 0 Å². The van der Waals surface area contributed by atoms with Gasteiger partial charge in [0.05, 0.1) is 12.2 Å². The van der Waals surface area contributed by atoms with Crippen LogP contribution in [0.1, 0.15) is 38.4 Å². The van der Waals surface area contributed by atoms with Crippen LogP contribution in [0.15, 0.2) is 29.4 Å². The molecule has 2 atom stereocenters. The first-order chi connectivity index (χ1) is 13.9. The van der Waals surface area contributed by atoms with Crippen LogP contribution in [0.5, 0.6) is 0 Å². The number of hydrogen-bond donors (Lipinski definition) is 2. The maximum absolute atomic E-state index is 12.9. The summed E-state index contributed by atoms with van der Waals surface area (Å²) in [6.07, 6.45) is 4.63. The highest BCUT2D eigenvalue weighted by Gasteiger charge is 2.23. The average Bonchev–Trinajstić information content (AvgIpc) is 3.03. The normalized spacial score (nSPS) is 19.0. The molecular weight excluding hydrogens is 393 g/mol. The highest BCUT2D eigenvalue weighted by atomic mass is 32.2. The van der Waals surface area contributed by atoms with Crippen LogP contribution in [0.4, 0.5) is 10.1 Å². The van der Waals surface area contributed by atoms with Crippen LogP contribution in [0.3, 0.4) is 0 Å². The lowest BCUT2D eigenvalue weighted by molar-refractivity contribution is -0.120. The zero-order chi connectivity index (χ0) is 20.8. The predicted octanol–water partition coefficient (Wildman–Crippen LogP) is 2.92. The highest BCUT2D eigenvalue weighted by molar-refractivity contribution is 7.99. The molecule has 0 spiro atoms. The number of halogens is 1. The van der Waals surface area contributed by atoms with Gasteiger partial charge in [0, 0.05) is 18.8 Å². The SMILES string of the molecule is C[C@@H]1CCCC[C@H]1NC(=O)CSc1nnc(CC(=O)Nc2ccc(F)cc2)n1C. The van der Waals surface area contributed by atoms with Crippen molar-refractivity contribution in [3.05, 3.63) is 35.9 Å². The number of rotatable bonds is 7. The zero-order valence-corrected chi connectivity index (χ0v) is 17.5. The highest BCUT2D eigenvalue weighted by Crippen LogP contribution is 2.24. The Morgan fingerprint density at radius 2 is 1.90 bits per heavy atom. The Labute approximate surface area is 173 Å². The number of nitrogens with zero attached hydrogens (tertiary/aromatic N) is 3. The van der Waals surface area contributed by atoms with E-state index in [-0.39, 0.29) is 35.8 Å². The fraction of sp³-hybridized carbons (Fsp3) is 0.500. The number of carbonyl (C=O) groups is 2. The largest absolute Gasteiger partial charge is 0.352 e. The van der Waals surface area contributed by atoms with Crippen molar-refractivity contribution in [2.75, 3.05) is 11.1 Å². The van der Waals surface area contributed by atoms with E-state index in [0.717, 1.165) is 19.3 Å². The van der Waals surface area contributed by atoms with Crippen LogP contribution in [0.2, 0.25) is 0 Å². The molecule has 2 N–H and O–H groups in total. The van der Waals surface area contributed by atoms with Crippen molar-refractivity contribution in [1.82, 2.24) is 20.1 Å². The minimum atomic E-state index is -0.361. The molecule has 1 aliphatic carbocycles. The van der Waals surface area contributed by atoms with Crippen molar-refractivity contribution < 1.29 is 14.0 Å². The molecule has 1 fully saturated rings. The summed E-state index contributed by atoms with van der Waals surface area (Å²) in [4.78, 5) is 24.5. The van der Waals surface area contributed by atoms with Gasteiger partial charge in [-0.15, -0.1) is 10.2 Å². The van der Waals surface area contributed by atoms with Gasteiger partial charge in [-0.25, -0.2) is 4.39 Å². The first-order valence-corrected chi connectivity index (χ1v) is 10.8. The Kier molecular flexibility index (Phi) is 7.24. The van der Waals surface area contributed by atoms with Gasteiger partial charge in [0.1, 0.15) is 11.6 Å². The van der Waals surface area contributed by atoms with Gasteiger partial charge < -0.3 is 15.2 Å². The number of thioether (sulfide) groups is 1. The van der Waals surface area contributed by atoms with Gasteiger partial charge in [-0.3, -0.25) is 9.59 Å². The van der Waals surface area contributed by atoms with Crippen LogP contribution >= 0.6 is 11.8 Å². The molecule has 0 bridgehead atoms. The van der Waals surface area contributed by atoms with Gasteiger partial charge in [-0.05, 0) is 43.0 Å². The van der Waals surface area contributed by atoms with Crippen molar-refractivity contribution in [3.8, 4) is 0 Å². The molecule has 1 heterocycles. The lowest BCUT2D eigenvalue weighted by atomic mass is 9.86. The van der Waals surface area contributed by atoms with Gasteiger partial charge >= 0.3 is 0 Å². The molecule has 3 rings (SSSR count). The van der Waals surface area contributed by atoms with Gasteiger partial charge in [-0.2, -0.15) is 0 Å². The quantitative estimate of drug-likeness (QED) is 0.674. The fourth-order valence-corrected chi connectivity index (χ4v) is 4.16. The third-order valence-corrected chi connectivity index (χ3v) is 6.18. The third kappa shape index (κ3) is 6.03. The molecule has 29 heavy (non-hydrogen) atoms. The van der Waals surface area contributed by atoms with E-state index in [2.05, 4.69) is 27.8 Å². The molecular formula is C20H26FN5O2S.